The molecule has 0 spiro atoms. The summed E-state index contributed by atoms with van der Waals surface area (Å²) in [4.78, 5) is 101. The van der Waals surface area contributed by atoms with Gasteiger partial charge in [0.2, 0.25) is 23.5 Å². The van der Waals surface area contributed by atoms with Gasteiger partial charge in [-0.15, -0.1) is 37.2 Å². The second-order valence-electron chi connectivity index (χ2n) is 20.9. The van der Waals surface area contributed by atoms with Crippen LogP contribution in [0.1, 0.15) is 54.5 Å². The molecule has 3 fully saturated rings. The molecule has 6 heterocycles. The number of rotatable bonds is 11. The molecule has 3 aromatic carbocycles. The molecule has 25 nitrogen and oxygen atoms in total. The molecule has 524 valence electrons. The molecule has 0 radical (unpaired) electrons. The summed E-state index contributed by atoms with van der Waals surface area (Å²) in [6.07, 6.45) is 4.13. The smallest absolute Gasteiger partial charge is 0.409 e. The monoisotopic (exact) mass is 1480 g/mol. The Hall–Kier alpha value is -8.27. The Kier molecular flexibility index (Phi) is 40.5. The van der Waals surface area contributed by atoms with Gasteiger partial charge in [0.05, 0.1) is 66.2 Å². The molecule has 0 saturated carbocycles. The van der Waals surface area contributed by atoms with Crippen molar-refractivity contribution >= 4 is 107 Å². The maximum Gasteiger partial charge on any atom is 0.409 e. The normalized spacial score (nSPS) is 13.2. The molecule has 6 aromatic rings. The van der Waals surface area contributed by atoms with Crippen LogP contribution in [0.5, 0.6) is 0 Å². The number of nitro benzene ring substituents is 1. The van der Waals surface area contributed by atoms with Gasteiger partial charge in [0.15, 0.2) is 11.6 Å². The summed E-state index contributed by atoms with van der Waals surface area (Å²) in [5, 5.41) is 21.2. The third-order valence-electron chi connectivity index (χ3n) is 13.9. The number of amides is 7. The van der Waals surface area contributed by atoms with Crippen LogP contribution in [0, 0.1) is 55.8 Å². The van der Waals surface area contributed by atoms with E-state index in [1.54, 1.807) is 82.7 Å². The van der Waals surface area contributed by atoms with E-state index in [4.69, 9.17) is 5.73 Å². The summed E-state index contributed by atoms with van der Waals surface area (Å²) in [5.74, 6) is -1.68. The van der Waals surface area contributed by atoms with Crippen molar-refractivity contribution < 1.29 is 76.8 Å². The first-order valence-electron chi connectivity index (χ1n) is 28.6. The number of hydrogen-bond acceptors (Lipinski definition) is 17. The molecule has 0 aliphatic carbocycles. The minimum Gasteiger partial charge on any atom is -0.453 e. The topological polar surface area (TPSA) is 296 Å². The third-order valence-corrected chi connectivity index (χ3v) is 13.9. The number of anilines is 5. The fraction of sp³-hybridized carbons (Fsp3) is 0.365. The first-order valence-corrected chi connectivity index (χ1v) is 28.6. The van der Waals surface area contributed by atoms with Gasteiger partial charge in [-0.3, -0.25) is 54.1 Å². The number of ether oxygens (including phenoxy) is 2. The van der Waals surface area contributed by atoms with E-state index in [0.29, 0.717) is 108 Å². The maximum absolute atomic E-state index is 14.8. The van der Waals surface area contributed by atoms with Gasteiger partial charge >= 0.3 is 23.9 Å². The van der Waals surface area contributed by atoms with E-state index in [0.717, 1.165) is 34.5 Å². The number of aryl methyl sites for hydroxylation is 3. The van der Waals surface area contributed by atoms with Gasteiger partial charge in [-0.25, -0.2) is 23.2 Å². The summed E-state index contributed by atoms with van der Waals surface area (Å²) in [5.41, 5.74) is 11.4. The Labute approximate surface area is 584 Å². The molecule has 7 amide bonds. The van der Waals surface area contributed by atoms with E-state index in [2.05, 4.69) is 55.5 Å². The summed E-state index contributed by atoms with van der Waals surface area (Å²) in [6.45, 7) is 18.7. The van der Waals surface area contributed by atoms with Crippen molar-refractivity contribution in [2.45, 2.75) is 61.2 Å². The van der Waals surface area contributed by atoms with Crippen LogP contribution in [0.4, 0.5) is 61.7 Å². The number of carbonyl (C=O) groups excluding carboxylic acids is 6. The van der Waals surface area contributed by atoms with Crippen LogP contribution in [-0.2, 0) is 63.9 Å². The number of aromatic nitrogens is 3. The number of methoxy groups -OCH3 is 2. The van der Waals surface area contributed by atoms with Crippen LogP contribution in [-0.4, -0.2) is 178 Å². The van der Waals surface area contributed by atoms with Crippen LogP contribution in [0.15, 0.2) is 110 Å². The van der Waals surface area contributed by atoms with Crippen molar-refractivity contribution in [3.8, 4) is 0 Å². The van der Waals surface area contributed by atoms with Crippen molar-refractivity contribution in [1.29, 1.82) is 0 Å². The fourth-order valence-electron chi connectivity index (χ4n) is 9.04. The molecule has 3 aromatic heterocycles. The Morgan fingerprint density at radius 3 is 1.20 bits per heavy atom. The van der Waals surface area contributed by atoms with Gasteiger partial charge in [0.1, 0.15) is 0 Å². The Bertz CT molecular complexity index is 3320. The van der Waals surface area contributed by atoms with Gasteiger partial charge in [0, 0.05) is 179 Å². The fourth-order valence-corrected chi connectivity index (χ4v) is 9.04. The maximum atomic E-state index is 14.8. The first-order chi connectivity index (χ1) is 42.9. The number of urea groups is 1. The number of piperazine rings is 3. The van der Waals surface area contributed by atoms with Gasteiger partial charge in [0.25, 0.3) is 0 Å². The molecular formula is C63H84Cl3F3N15O10Pd-. The number of hydrogen-bond donors (Lipinski definition) is 5. The van der Waals surface area contributed by atoms with E-state index in [1.165, 1.54) is 46.3 Å². The van der Waals surface area contributed by atoms with Crippen molar-refractivity contribution in [3.63, 3.8) is 0 Å². The number of halogens is 6. The second-order valence-corrected chi connectivity index (χ2v) is 20.9. The van der Waals surface area contributed by atoms with Crippen molar-refractivity contribution in [2.24, 2.45) is 0 Å². The molecule has 6 N–H and O–H groups in total. The number of carbonyl (C=O) groups is 6. The first kappa shape index (κ1) is 86.7. The zero-order valence-corrected chi connectivity index (χ0v) is 58.3. The molecule has 0 bridgehead atoms. The van der Waals surface area contributed by atoms with E-state index in [9.17, 15) is 52.1 Å². The predicted molar refractivity (Wildman–Crippen MR) is 363 cm³/mol. The largest absolute Gasteiger partial charge is 0.453 e. The Balaban J connectivity index is 0.00000119. The molecular weight excluding hydrogens is 1400 g/mol. The summed E-state index contributed by atoms with van der Waals surface area (Å²) in [6, 6.07) is 24.5. The van der Waals surface area contributed by atoms with E-state index < -0.39 is 28.3 Å². The van der Waals surface area contributed by atoms with E-state index in [1.807, 2.05) is 49.9 Å². The van der Waals surface area contributed by atoms with Gasteiger partial charge < -0.3 is 58.6 Å². The molecule has 9 rings (SSSR count). The summed E-state index contributed by atoms with van der Waals surface area (Å²) >= 11 is 0. The molecule has 0 unspecified atom stereocenters. The van der Waals surface area contributed by atoms with Crippen molar-refractivity contribution in [1.82, 2.24) is 44.4 Å². The molecule has 95 heavy (non-hydrogen) atoms. The van der Waals surface area contributed by atoms with Gasteiger partial charge in [-0.2, -0.15) is 4.39 Å². The van der Waals surface area contributed by atoms with Crippen molar-refractivity contribution in [2.75, 3.05) is 120 Å². The summed E-state index contributed by atoms with van der Waals surface area (Å²) < 4.78 is 51.9. The van der Waals surface area contributed by atoms with Crippen LogP contribution >= 0.6 is 37.2 Å². The van der Waals surface area contributed by atoms with Crippen molar-refractivity contribution in [3.05, 3.63) is 178 Å². The minimum absolute atomic E-state index is 0. The molecule has 3 saturated heterocycles. The number of pyridine rings is 3. The van der Waals surface area contributed by atoms with Crippen LogP contribution < -0.4 is 27.0 Å². The Morgan fingerprint density at radius 2 is 0.853 bits per heavy atom. The van der Waals surface area contributed by atoms with E-state index >= 15 is 0 Å². The van der Waals surface area contributed by atoms with E-state index in [-0.39, 0.29) is 124 Å². The van der Waals surface area contributed by atoms with Crippen LogP contribution in [0.3, 0.4) is 0 Å². The third kappa shape index (κ3) is 29.9. The quantitative estimate of drug-likeness (QED) is 0.0265. The number of benzene rings is 3. The summed E-state index contributed by atoms with van der Waals surface area (Å²) in [7, 11) is 2.70. The number of nitrogens with one attached hydrogen (secondary N) is 4. The van der Waals surface area contributed by atoms with Gasteiger partial charge in [-0.1, -0.05) is 36.4 Å². The zero-order valence-electron chi connectivity index (χ0n) is 54.3. The molecule has 3 aliphatic heterocycles. The second kappa shape index (κ2) is 44.4. The molecule has 3 aliphatic rings. The standard InChI is InChI=1S/C20H24FN5O2.C13H16FN3O4.C13H18FN3O2.2C8H10N2O.CH3.3ClH.Pd/c1-14-6-7-17(12-22-14)23-20(28)24-18-5-3-4-16(19(18)21)13-25-8-10-26(11-9-25)15(2)27;1-21-13(18)16-7-5-15(6-8-16)9-10-3-2-4-11(12(10)14)17(19)20;1-19-13(18)17-7-5-16(6-8-17)9-10-3-2-4-11(15)12(10)14;2*1-6-3-4-8(5-9-6)10-7(2)11;;;;;/h3-7,12H,8-11,13H2,1-2H3,(H2,23,24,28);2-4H,5-9H2,1H3;2-4H,5-9,15H2,1H3;2*3-5H,1-2H3,(H,10,11);1H3;3*1H;/q;;;;;-1;;;;. The number of nitrogens with zero attached hydrogens (tertiary/aromatic N) is 10. The average Bonchev–Trinajstić information content (AvgIpc) is 0.882. The zero-order chi connectivity index (χ0) is 65.9. The molecule has 32 heteroatoms. The average molecular weight is 1480 g/mol. The number of nitro groups is 1. The number of nitrogens with two attached hydrogens (primary N) is 1. The van der Waals surface area contributed by atoms with Crippen LogP contribution in [0.2, 0.25) is 0 Å². The SMILES string of the molecule is CC(=O)N1CCN(Cc2cccc(NC(=O)Nc3ccc(C)nc3)c2F)CC1.CC(=O)Nc1ccc(C)nc1.CC(=O)Nc1ccc(C)nc1.COC(=O)N1CCN(Cc2cccc(N)c2F)CC1.COC(=O)N1CCN(Cc2cccc([N+](=O)[O-])c2F)CC1.Cl.Cl.Cl.[CH3-].[Pd]. The van der Waals surface area contributed by atoms with Gasteiger partial charge in [-0.05, 0) is 69.3 Å². The number of nitrogen functional groups attached to an aromatic ring is 1. The Morgan fingerprint density at radius 1 is 0.505 bits per heavy atom. The molecule has 0 atom stereocenters. The minimum atomic E-state index is -0.794. The van der Waals surface area contributed by atoms with Crippen LogP contribution in [0.25, 0.3) is 0 Å². The predicted octanol–water partition coefficient (Wildman–Crippen LogP) is 10.2.